The third kappa shape index (κ3) is 6.59. The summed E-state index contributed by atoms with van der Waals surface area (Å²) in [7, 11) is -3.47. The molecule has 0 unspecified atom stereocenters. The smallest absolute Gasteiger partial charge is 0.251 e. The van der Waals surface area contributed by atoms with Gasteiger partial charge in [-0.3, -0.25) is 4.79 Å². The molecule has 118 valence electrons. The minimum atomic E-state index is -3.47. The van der Waals surface area contributed by atoms with E-state index in [1.54, 1.807) is 6.07 Å². The third-order valence-electron chi connectivity index (χ3n) is 2.94. The molecule has 0 radical (unpaired) electrons. The van der Waals surface area contributed by atoms with Crippen molar-refractivity contribution in [1.29, 1.82) is 0 Å². The number of anilines is 1. The van der Waals surface area contributed by atoms with Crippen molar-refractivity contribution in [2.45, 2.75) is 26.7 Å². The number of amides is 1. The third-order valence-corrected chi connectivity index (χ3v) is 3.80. The summed E-state index contributed by atoms with van der Waals surface area (Å²) >= 11 is 0. The average Bonchev–Trinajstić information content (AvgIpc) is 2.40. The Balaban J connectivity index is 2.54. The number of aryl methyl sites for hydroxylation is 1. The fourth-order valence-electron chi connectivity index (χ4n) is 1.87. The highest BCUT2D eigenvalue weighted by Gasteiger charge is 2.09. The van der Waals surface area contributed by atoms with Crippen LogP contribution in [-0.4, -0.2) is 33.2 Å². The van der Waals surface area contributed by atoms with Crippen LogP contribution in [0.1, 0.15) is 35.7 Å². The maximum Gasteiger partial charge on any atom is 0.251 e. The van der Waals surface area contributed by atoms with E-state index in [0.717, 1.165) is 24.2 Å². The highest BCUT2D eigenvalue weighted by Crippen LogP contribution is 2.15. The van der Waals surface area contributed by atoms with Crippen molar-refractivity contribution in [3.63, 3.8) is 0 Å². The van der Waals surface area contributed by atoms with Crippen LogP contribution in [0.5, 0.6) is 0 Å². The maximum atomic E-state index is 12.0. The highest BCUT2D eigenvalue weighted by molar-refractivity contribution is 7.89. The molecule has 0 aliphatic carbocycles. The zero-order valence-corrected chi connectivity index (χ0v) is 13.3. The second-order valence-corrected chi connectivity index (χ2v) is 6.67. The van der Waals surface area contributed by atoms with Gasteiger partial charge in [0.25, 0.3) is 5.91 Å². The number of carbonyl (C=O) groups excluding carboxylic acids is 1. The Bertz CT molecular complexity index is 585. The van der Waals surface area contributed by atoms with E-state index in [4.69, 9.17) is 5.14 Å². The maximum absolute atomic E-state index is 12.0. The molecule has 0 spiro atoms. The summed E-state index contributed by atoms with van der Waals surface area (Å²) in [5.74, 6) is -0.337. The van der Waals surface area contributed by atoms with Crippen LogP contribution in [-0.2, 0) is 10.0 Å². The topological polar surface area (TPSA) is 101 Å². The molecule has 0 saturated carbocycles. The highest BCUT2D eigenvalue weighted by atomic mass is 32.2. The predicted molar refractivity (Wildman–Crippen MR) is 84.9 cm³/mol. The standard InChI is InChI=1S/C14H23N3O3S/c1-3-7-16-12-5-6-13(11(2)10-12)14(18)17-8-4-9-21(15,19)20/h5-6,10,16H,3-4,7-9H2,1-2H3,(H,17,18)(H2,15,19,20). The lowest BCUT2D eigenvalue weighted by Gasteiger charge is -2.10. The number of benzene rings is 1. The van der Waals surface area contributed by atoms with E-state index in [1.165, 1.54) is 0 Å². The molecule has 0 aliphatic rings. The molecule has 0 bridgehead atoms. The molecule has 1 aromatic carbocycles. The summed E-state index contributed by atoms with van der Waals surface area (Å²) in [6.07, 6.45) is 1.34. The molecule has 1 rings (SSSR count). The fraction of sp³-hybridized carbons (Fsp3) is 0.500. The molecule has 7 heteroatoms. The van der Waals surface area contributed by atoms with Crippen LogP contribution in [0.4, 0.5) is 5.69 Å². The van der Waals surface area contributed by atoms with Crippen LogP contribution in [0.15, 0.2) is 18.2 Å². The van der Waals surface area contributed by atoms with Gasteiger partial charge >= 0.3 is 0 Å². The number of hydrogen-bond acceptors (Lipinski definition) is 4. The van der Waals surface area contributed by atoms with Gasteiger partial charge in [0.1, 0.15) is 0 Å². The molecule has 6 nitrogen and oxygen atoms in total. The van der Waals surface area contributed by atoms with Crippen LogP contribution in [0, 0.1) is 6.92 Å². The number of sulfonamides is 1. The summed E-state index contributed by atoms with van der Waals surface area (Å²) in [5.41, 5.74) is 2.45. The number of nitrogens with two attached hydrogens (primary N) is 1. The molecular weight excluding hydrogens is 290 g/mol. The first-order valence-corrected chi connectivity index (χ1v) is 8.68. The lowest BCUT2D eigenvalue weighted by atomic mass is 10.1. The molecule has 0 atom stereocenters. The SMILES string of the molecule is CCCNc1ccc(C(=O)NCCCS(N)(=O)=O)c(C)c1. The van der Waals surface area contributed by atoms with E-state index in [1.807, 2.05) is 19.1 Å². The van der Waals surface area contributed by atoms with Crippen molar-refractivity contribution in [3.05, 3.63) is 29.3 Å². The first-order valence-electron chi connectivity index (χ1n) is 6.96. The van der Waals surface area contributed by atoms with Crippen LogP contribution >= 0.6 is 0 Å². The molecular formula is C14H23N3O3S. The summed E-state index contributed by atoms with van der Waals surface area (Å²) in [6, 6.07) is 5.55. The van der Waals surface area contributed by atoms with Crippen molar-refractivity contribution in [1.82, 2.24) is 5.32 Å². The van der Waals surface area contributed by atoms with Crippen molar-refractivity contribution in [2.75, 3.05) is 24.2 Å². The van der Waals surface area contributed by atoms with Gasteiger partial charge in [0.15, 0.2) is 0 Å². The van der Waals surface area contributed by atoms with Crippen LogP contribution in [0.25, 0.3) is 0 Å². The van der Waals surface area contributed by atoms with Gasteiger partial charge in [0.2, 0.25) is 10.0 Å². The van der Waals surface area contributed by atoms with Gasteiger partial charge in [0.05, 0.1) is 5.75 Å². The molecule has 1 amide bonds. The van der Waals surface area contributed by atoms with Gasteiger partial charge in [0, 0.05) is 24.3 Å². The lowest BCUT2D eigenvalue weighted by molar-refractivity contribution is 0.0953. The van der Waals surface area contributed by atoms with Gasteiger partial charge in [-0.15, -0.1) is 0 Å². The van der Waals surface area contributed by atoms with E-state index in [2.05, 4.69) is 17.6 Å². The van der Waals surface area contributed by atoms with Gasteiger partial charge in [-0.05, 0) is 43.5 Å². The van der Waals surface area contributed by atoms with Crippen molar-refractivity contribution >= 4 is 21.6 Å². The Morgan fingerprint density at radius 2 is 2.00 bits per heavy atom. The predicted octanol–water partition coefficient (Wildman–Crippen LogP) is 1.23. The molecule has 0 aromatic heterocycles. The zero-order chi connectivity index (χ0) is 15.9. The summed E-state index contributed by atoms with van der Waals surface area (Å²) < 4.78 is 21.6. The number of nitrogens with one attached hydrogen (secondary N) is 2. The number of rotatable bonds is 8. The van der Waals surface area contributed by atoms with E-state index < -0.39 is 10.0 Å². The molecule has 4 N–H and O–H groups in total. The molecule has 1 aromatic rings. The van der Waals surface area contributed by atoms with Crippen molar-refractivity contribution < 1.29 is 13.2 Å². The molecule has 21 heavy (non-hydrogen) atoms. The number of hydrogen-bond donors (Lipinski definition) is 3. The molecule has 0 fully saturated rings. The second kappa shape index (κ2) is 7.99. The summed E-state index contributed by atoms with van der Waals surface area (Å²) in [6.45, 7) is 5.13. The first-order chi connectivity index (χ1) is 9.83. The minimum Gasteiger partial charge on any atom is -0.385 e. The number of primary sulfonamides is 1. The molecule has 0 saturated heterocycles. The molecule has 0 aliphatic heterocycles. The monoisotopic (exact) mass is 313 g/mol. The van der Waals surface area contributed by atoms with E-state index in [0.29, 0.717) is 12.0 Å². The average molecular weight is 313 g/mol. The Hall–Kier alpha value is -1.60. The van der Waals surface area contributed by atoms with Gasteiger partial charge in [-0.1, -0.05) is 6.92 Å². The minimum absolute atomic E-state index is 0.133. The summed E-state index contributed by atoms with van der Waals surface area (Å²) in [4.78, 5) is 12.0. The van der Waals surface area contributed by atoms with Crippen molar-refractivity contribution in [2.24, 2.45) is 5.14 Å². The van der Waals surface area contributed by atoms with E-state index >= 15 is 0 Å². The second-order valence-electron chi connectivity index (χ2n) is 4.93. The zero-order valence-electron chi connectivity index (χ0n) is 12.5. The Labute approximate surface area is 126 Å². The van der Waals surface area contributed by atoms with E-state index in [9.17, 15) is 13.2 Å². The summed E-state index contributed by atoms with van der Waals surface area (Å²) in [5, 5.41) is 10.9. The quantitative estimate of drug-likeness (QED) is 0.628. The Morgan fingerprint density at radius 3 is 2.57 bits per heavy atom. The number of carbonyl (C=O) groups is 1. The molecule has 0 heterocycles. The van der Waals surface area contributed by atoms with Crippen LogP contribution in [0.3, 0.4) is 0 Å². The Kier molecular flexibility index (Phi) is 6.64. The Morgan fingerprint density at radius 1 is 1.29 bits per heavy atom. The first kappa shape index (κ1) is 17.5. The van der Waals surface area contributed by atoms with Gasteiger partial charge < -0.3 is 10.6 Å². The van der Waals surface area contributed by atoms with Gasteiger partial charge in [-0.2, -0.15) is 0 Å². The lowest BCUT2D eigenvalue weighted by Crippen LogP contribution is -2.27. The largest absolute Gasteiger partial charge is 0.385 e. The van der Waals surface area contributed by atoms with Crippen molar-refractivity contribution in [3.8, 4) is 0 Å². The van der Waals surface area contributed by atoms with Gasteiger partial charge in [-0.25, -0.2) is 13.6 Å². The fourth-order valence-corrected chi connectivity index (χ4v) is 2.41. The normalized spacial score (nSPS) is 11.2. The van der Waals surface area contributed by atoms with Crippen LogP contribution < -0.4 is 15.8 Å². The van der Waals surface area contributed by atoms with E-state index in [-0.39, 0.29) is 18.2 Å². The van der Waals surface area contributed by atoms with Crippen LogP contribution in [0.2, 0.25) is 0 Å².